The van der Waals surface area contributed by atoms with Gasteiger partial charge in [0.25, 0.3) is 0 Å². The molecule has 2 amide bonds. The summed E-state index contributed by atoms with van der Waals surface area (Å²) in [7, 11) is 1.82. The van der Waals surface area contributed by atoms with Crippen LogP contribution in [-0.2, 0) is 23.2 Å². The quantitative estimate of drug-likeness (QED) is 0.893. The van der Waals surface area contributed by atoms with Crippen molar-refractivity contribution in [1.82, 2.24) is 24.6 Å². The van der Waals surface area contributed by atoms with E-state index < -0.39 is 0 Å². The third-order valence-electron chi connectivity index (χ3n) is 5.35. The van der Waals surface area contributed by atoms with Gasteiger partial charge in [0.1, 0.15) is 5.82 Å². The lowest BCUT2D eigenvalue weighted by Crippen LogP contribution is -2.51. The van der Waals surface area contributed by atoms with E-state index in [1.807, 2.05) is 26.4 Å². The standard InChI is InChI=1S/C18H24N6O2/c1-12-8-19-17-15(4-3-7-23(12)17)18(26)21-13-5-6-16(25)24(10-13)14-9-20-22(2)11-14/h8-9,11,13,15H,3-7,10H2,1-2H3,(H,21,26). The average molecular weight is 356 g/mol. The van der Waals surface area contributed by atoms with Gasteiger partial charge in [-0.2, -0.15) is 5.10 Å². The summed E-state index contributed by atoms with van der Waals surface area (Å²) in [6, 6.07) is -0.0492. The summed E-state index contributed by atoms with van der Waals surface area (Å²) in [5, 5.41) is 7.29. The summed E-state index contributed by atoms with van der Waals surface area (Å²) in [6.07, 6.45) is 8.24. The molecule has 2 aliphatic heterocycles. The fourth-order valence-electron chi connectivity index (χ4n) is 3.94. The van der Waals surface area contributed by atoms with Crippen molar-refractivity contribution >= 4 is 17.5 Å². The van der Waals surface area contributed by atoms with Crippen molar-refractivity contribution in [3.63, 3.8) is 0 Å². The highest BCUT2D eigenvalue weighted by Crippen LogP contribution is 2.28. The number of fused-ring (bicyclic) bond motifs is 1. The number of anilines is 1. The molecule has 8 nitrogen and oxygen atoms in total. The lowest BCUT2D eigenvalue weighted by molar-refractivity contribution is -0.125. The predicted octanol–water partition coefficient (Wildman–Crippen LogP) is 1.11. The van der Waals surface area contributed by atoms with Crippen LogP contribution in [0.2, 0.25) is 0 Å². The molecule has 0 saturated carbocycles. The number of nitrogens with one attached hydrogen (secondary N) is 1. The van der Waals surface area contributed by atoms with Crippen LogP contribution in [0.1, 0.15) is 43.1 Å². The number of amides is 2. The van der Waals surface area contributed by atoms with E-state index in [4.69, 9.17) is 0 Å². The minimum absolute atomic E-state index is 0.0158. The zero-order valence-corrected chi connectivity index (χ0v) is 15.2. The van der Waals surface area contributed by atoms with Crippen LogP contribution in [0.25, 0.3) is 0 Å². The van der Waals surface area contributed by atoms with Crippen molar-refractivity contribution in [1.29, 1.82) is 0 Å². The van der Waals surface area contributed by atoms with Gasteiger partial charge in [-0.05, 0) is 26.2 Å². The molecule has 2 aliphatic rings. The van der Waals surface area contributed by atoms with Crippen molar-refractivity contribution in [3.8, 4) is 0 Å². The SMILES string of the molecule is Cc1cnc2n1CCCC2C(=O)NC1CCC(=O)N(c2cnn(C)c2)C1. The van der Waals surface area contributed by atoms with Crippen molar-refractivity contribution in [3.05, 3.63) is 30.1 Å². The highest BCUT2D eigenvalue weighted by molar-refractivity contribution is 5.94. The summed E-state index contributed by atoms with van der Waals surface area (Å²) >= 11 is 0. The van der Waals surface area contributed by atoms with Crippen LogP contribution in [0.15, 0.2) is 18.6 Å². The molecule has 1 fully saturated rings. The van der Waals surface area contributed by atoms with Gasteiger partial charge in [0.2, 0.25) is 11.8 Å². The lowest BCUT2D eigenvalue weighted by Gasteiger charge is -2.33. The molecule has 0 radical (unpaired) electrons. The second-order valence-electron chi connectivity index (χ2n) is 7.22. The Morgan fingerprint density at radius 3 is 2.92 bits per heavy atom. The first-order valence-corrected chi connectivity index (χ1v) is 9.14. The Hall–Kier alpha value is -2.64. The van der Waals surface area contributed by atoms with Crippen molar-refractivity contribution in [2.45, 2.75) is 51.1 Å². The Morgan fingerprint density at radius 1 is 1.31 bits per heavy atom. The van der Waals surface area contributed by atoms with Crippen molar-refractivity contribution in [2.75, 3.05) is 11.4 Å². The van der Waals surface area contributed by atoms with E-state index in [2.05, 4.69) is 20.0 Å². The number of aryl methyl sites for hydroxylation is 2. The molecule has 0 bridgehead atoms. The monoisotopic (exact) mass is 356 g/mol. The fraction of sp³-hybridized carbons (Fsp3) is 0.556. The first-order chi connectivity index (χ1) is 12.5. The first-order valence-electron chi connectivity index (χ1n) is 9.14. The minimum Gasteiger partial charge on any atom is -0.351 e. The topological polar surface area (TPSA) is 85.1 Å². The average Bonchev–Trinajstić information content (AvgIpc) is 3.23. The van der Waals surface area contributed by atoms with E-state index in [9.17, 15) is 9.59 Å². The number of nitrogens with zero attached hydrogens (tertiary/aromatic N) is 5. The molecule has 26 heavy (non-hydrogen) atoms. The molecule has 1 saturated heterocycles. The smallest absolute Gasteiger partial charge is 0.231 e. The fourth-order valence-corrected chi connectivity index (χ4v) is 3.94. The van der Waals surface area contributed by atoms with Crippen LogP contribution in [0, 0.1) is 6.92 Å². The highest BCUT2D eigenvalue weighted by Gasteiger charge is 2.33. The zero-order chi connectivity index (χ0) is 18.3. The van der Waals surface area contributed by atoms with E-state index in [1.165, 1.54) is 0 Å². The first kappa shape index (κ1) is 16.8. The Morgan fingerprint density at radius 2 is 2.15 bits per heavy atom. The molecule has 2 aromatic rings. The maximum absolute atomic E-state index is 12.9. The third-order valence-corrected chi connectivity index (χ3v) is 5.35. The molecule has 4 rings (SSSR count). The maximum atomic E-state index is 12.9. The van der Waals surface area contributed by atoms with Gasteiger partial charge in [0.05, 0.1) is 17.8 Å². The van der Waals surface area contributed by atoms with E-state index in [-0.39, 0.29) is 23.8 Å². The third kappa shape index (κ3) is 3.00. The van der Waals surface area contributed by atoms with E-state index in [0.29, 0.717) is 19.4 Å². The van der Waals surface area contributed by atoms with Gasteiger partial charge in [-0.15, -0.1) is 0 Å². The largest absolute Gasteiger partial charge is 0.351 e. The number of hydrogen-bond donors (Lipinski definition) is 1. The van der Waals surface area contributed by atoms with E-state index in [1.54, 1.807) is 15.8 Å². The van der Waals surface area contributed by atoms with Crippen LogP contribution in [-0.4, -0.2) is 43.7 Å². The number of imidazole rings is 1. The minimum atomic E-state index is -0.207. The molecule has 1 N–H and O–H groups in total. The zero-order valence-electron chi connectivity index (χ0n) is 15.2. The molecule has 0 spiro atoms. The number of piperidine rings is 1. The summed E-state index contributed by atoms with van der Waals surface area (Å²) in [6.45, 7) is 3.43. The molecule has 4 heterocycles. The van der Waals surface area contributed by atoms with Crippen molar-refractivity contribution in [2.24, 2.45) is 7.05 Å². The molecule has 2 aromatic heterocycles. The molecule has 0 aromatic carbocycles. The number of carbonyl (C=O) groups excluding carboxylic acids is 2. The molecule has 0 aliphatic carbocycles. The number of aromatic nitrogens is 4. The van der Waals surface area contributed by atoms with Gasteiger partial charge in [-0.3, -0.25) is 14.3 Å². The van der Waals surface area contributed by atoms with Crippen LogP contribution < -0.4 is 10.2 Å². The van der Waals surface area contributed by atoms with Crippen LogP contribution in [0.5, 0.6) is 0 Å². The summed E-state index contributed by atoms with van der Waals surface area (Å²) in [5.41, 5.74) is 1.88. The Labute approximate surface area is 152 Å². The second-order valence-corrected chi connectivity index (χ2v) is 7.22. The molecule has 2 unspecified atom stereocenters. The second kappa shape index (κ2) is 6.59. The van der Waals surface area contributed by atoms with Crippen LogP contribution in [0.3, 0.4) is 0 Å². The number of rotatable bonds is 3. The predicted molar refractivity (Wildman–Crippen MR) is 95.7 cm³/mol. The summed E-state index contributed by atoms with van der Waals surface area (Å²) in [4.78, 5) is 31.3. The van der Waals surface area contributed by atoms with E-state index in [0.717, 1.165) is 36.6 Å². The Balaban J connectivity index is 1.46. The molecule has 2 atom stereocenters. The molecular weight excluding hydrogens is 332 g/mol. The molecule has 138 valence electrons. The van der Waals surface area contributed by atoms with Gasteiger partial charge in [0, 0.05) is 50.7 Å². The molecule has 8 heteroatoms. The van der Waals surface area contributed by atoms with Gasteiger partial charge in [0.15, 0.2) is 0 Å². The van der Waals surface area contributed by atoms with Crippen molar-refractivity contribution < 1.29 is 9.59 Å². The van der Waals surface area contributed by atoms with E-state index >= 15 is 0 Å². The summed E-state index contributed by atoms with van der Waals surface area (Å²) in [5.74, 6) is 0.749. The lowest BCUT2D eigenvalue weighted by atomic mass is 9.96. The van der Waals surface area contributed by atoms with Gasteiger partial charge in [-0.25, -0.2) is 4.98 Å². The van der Waals surface area contributed by atoms with Gasteiger partial charge in [-0.1, -0.05) is 0 Å². The molecular formula is C18H24N6O2. The van der Waals surface area contributed by atoms with Crippen LogP contribution >= 0.6 is 0 Å². The van der Waals surface area contributed by atoms with Gasteiger partial charge < -0.3 is 14.8 Å². The Bertz CT molecular complexity index is 839. The van der Waals surface area contributed by atoms with Crippen LogP contribution in [0.4, 0.5) is 5.69 Å². The maximum Gasteiger partial charge on any atom is 0.231 e. The number of hydrogen-bond acceptors (Lipinski definition) is 4. The normalized spacial score (nSPS) is 23.0. The van der Waals surface area contributed by atoms with Gasteiger partial charge >= 0.3 is 0 Å². The highest BCUT2D eigenvalue weighted by atomic mass is 16.2. The Kier molecular flexibility index (Phi) is 4.26. The summed E-state index contributed by atoms with van der Waals surface area (Å²) < 4.78 is 3.81. The number of carbonyl (C=O) groups is 2.